The molecule has 0 saturated carbocycles. The first-order valence-corrected chi connectivity index (χ1v) is 8.24. The lowest BCUT2D eigenvalue weighted by Gasteiger charge is -2.30. The second-order valence-electron chi connectivity index (χ2n) is 6.22. The second kappa shape index (κ2) is 12.0. The smallest absolute Gasteiger partial charge is 0.0894 e. The molecule has 0 radical (unpaired) electrons. The minimum Gasteiger partial charge on any atom is -0.251 e. The number of hydrogen-bond donors (Lipinski definition) is 0. The van der Waals surface area contributed by atoms with E-state index in [0.29, 0.717) is 5.41 Å². The van der Waals surface area contributed by atoms with Gasteiger partial charge in [-0.3, -0.25) is 4.39 Å². The van der Waals surface area contributed by atoms with Gasteiger partial charge in [-0.2, -0.15) is 0 Å². The Balaban J connectivity index is 3.90. The van der Waals surface area contributed by atoms with Crippen LogP contribution in [0.4, 0.5) is 4.39 Å². The zero-order chi connectivity index (χ0) is 13.7. The quantitative estimate of drug-likeness (QED) is 0.323. The van der Waals surface area contributed by atoms with Gasteiger partial charge in [-0.1, -0.05) is 72.1 Å². The van der Waals surface area contributed by atoms with Crippen LogP contribution in [0, 0.1) is 5.41 Å². The van der Waals surface area contributed by atoms with Crippen molar-refractivity contribution in [2.45, 2.75) is 97.8 Å². The second-order valence-corrected chi connectivity index (χ2v) is 6.22. The first kappa shape index (κ1) is 17.9. The molecular formula is C17H35F. The zero-order valence-electron chi connectivity index (χ0n) is 13.1. The first-order chi connectivity index (χ1) is 8.68. The van der Waals surface area contributed by atoms with Crippen molar-refractivity contribution < 1.29 is 4.39 Å². The van der Waals surface area contributed by atoms with Gasteiger partial charge in [-0.05, 0) is 31.1 Å². The average molecular weight is 258 g/mol. The van der Waals surface area contributed by atoms with Crippen LogP contribution in [0.3, 0.4) is 0 Å². The Bertz CT molecular complexity index is 153. The van der Waals surface area contributed by atoms with Gasteiger partial charge >= 0.3 is 0 Å². The van der Waals surface area contributed by atoms with Crippen LogP contribution < -0.4 is 0 Å². The normalized spacial score (nSPS) is 12.0. The molecule has 18 heavy (non-hydrogen) atoms. The minimum absolute atomic E-state index is 0.139. The maximum atomic E-state index is 12.4. The van der Waals surface area contributed by atoms with Crippen LogP contribution in [0.2, 0.25) is 0 Å². The molecule has 110 valence electrons. The van der Waals surface area contributed by atoms with Crippen molar-refractivity contribution in [1.29, 1.82) is 0 Å². The maximum Gasteiger partial charge on any atom is 0.0894 e. The fraction of sp³-hybridized carbons (Fsp3) is 1.00. The van der Waals surface area contributed by atoms with Crippen molar-refractivity contribution >= 4 is 0 Å². The van der Waals surface area contributed by atoms with Crippen molar-refractivity contribution in [3.63, 3.8) is 0 Å². The molecule has 0 rings (SSSR count). The monoisotopic (exact) mass is 258 g/mol. The largest absolute Gasteiger partial charge is 0.251 e. The number of halogens is 1. The van der Waals surface area contributed by atoms with E-state index in [1.54, 1.807) is 0 Å². The van der Waals surface area contributed by atoms with E-state index in [-0.39, 0.29) is 6.67 Å². The van der Waals surface area contributed by atoms with Crippen molar-refractivity contribution in [2.75, 3.05) is 6.67 Å². The molecule has 0 saturated heterocycles. The van der Waals surface area contributed by atoms with E-state index >= 15 is 0 Å². The summed E-state index contributed by atoms with van der Waals surface area (Å²) in [5.41, 5.74) is 0.410. The summed E-state index contributed by atoms with van der Waals surface area (Å²) in [6, 6.07) is 0. The number of hydrogen-bond acceptors (Lipinski definition) is 0. The van der Waals surface area contributed by atoms with Gasteiger partial charge < -0.3 is 0 Å². The molecular weight excluding hydrogens is 223 g/mol. The van der Waals surface area contributed by atoms with Gasteiger partial charge in [0.1, 0.15) is 0 Å². The van der Waals surface area contributed by atoms with E-state index in [2.05, 4.69) is 20.8 Å². The molecule has 0 spiro atoms. The summed E-state index contributed by atoms with van der Waals surface area (Å²) >= 11 is 0. The van der Waals surface area contributed by atoms with Crippen LogP contribution in [0.1, 0.15) is 97.8 Å². The van der Waals surface area contributed by atoms with Crippen LogP contribution >= 0.6 is 0 Å². The molecule has 0 heterocycles. The topological polar surface area (TPSA) is 0 Å². The SMILES string of the molecule is CCCCCCC(C)(CCCF)CCCCCC. The molecule has 0 aliphatic rings. The fourth-order valence-electron chi connectivity index (χ4n) is 2.83. The Kier molecular flexibility index (Phi) is 11.9. The van der Waals surface area contributed by atoms with Gasteiger partial charge in [0.15, 0.2) is 0 Å². The van der Waals surface area contributed by atoms with Gasteiger partial charge in [-0.25, -0.2) is 0 Å². The molecule has 0 N–H and O–H groups in total. The van der Waals surface area contributed by atoms with Crippen molar-refractivity contribution in [3.05, 3.63) is 0 Å². The summed E-state index contributed by atoms with van der Waals surface area (Å²) in [6.45, 7) is 6.76. The highest BCUT2D eigenvalue weighted by Gasteiger charge is 2.22. The Morgan fingerprint density at radius 3 is 1.50 bits per heavy atom. The highest BCUT2D eigenvalue weighted by atomic mass is 19.1. The van der Waals surface area contributed by atoms with Crippen LogP contribution in [0.5, 0.6) is 0 Å². The van der Waals surface area contributed by atoms with Gasteiger partial charge in [0, 0.05) is 0 Å². The molecule has 0 aromatic rings. The standard InChI is InChI=1S/C17H35F/c1-4-6-8-10-13-17(3,15-12-16-18)14-11-9-7-5-2/h4-16H2,1-3H3. The third-order valence-corrected chi connectivity index (χ3v) is 4.18. The van der Waals surface area contributed by atoms with E-state index < -0.39 is 0 Å². The predicted octanol–water partition coefficient (Wildman–Crippen LogP) is 6.68. The highest BCUT2D eigenvalue weighted by molar-refractivity contribution is 4.74. The molecule has 0 aromatic carbocycles. The van der Waals surface area contributed by atoms with Crippen molar-refractivity contribution in [2.24, 2.45) is 5.41 Å². The molecule has 0 aliphatic heterocycles. The number of rotatable bonds is 13. The Hall–Kier alpha value is -0.0700. The Labute approximate surface area is 115 Å². The van der Waals surface area contributed by atoms with Crippen LogP contribution in [0.25, 0.3) is 0 Å². The van der Waals surface area contributed by atoms with E-state index in [1.807, 2.05) is 0 Å². The molecule has 0 bridgehead atoms. The molecule has 0 atom stereocenters. The van der Waals surface area contributed by atoms with E-state index in [9.17, 15) is 4.39 Å². The van der Waals surface area contributed by atoms with Gasteiger partial charge in [-0.15, -0.1) is 0 Å². The van der Waals surface area contributed by atoms with Gasteiger partial charge in [0.05, 0.1) is 6.67 Å². The molecule has 0 aliphatic carbocycles. The van der Waals surface area contributed by atoms with Crippen LogP contribution in [-0.4, -0.2) is 6.67 Å². The average Bonchev–Trinajstić information content (AvgIpc) is 2.38. The molecule has 0 nitrogen and oxygen atoms in total. The summed E-state index contributed by atoms with van der Waals surface area (Å²) in [6.07, 6.45) is 15.2. The molecule has 0 amide bonds. The third-order valence-electron chi connectivity index (χ3n) is 4.18. The van der Waals surface area contributed by atoms with Crippen molar-refractivity contribution in [3.8, 4) is 0 Å². The predicted molar refractivity (Wildman–Crippen MR) is 80.8 cm³/mol. The van der Waals surface area contributed by atoms with Gasteiger partial charge in [0.2, 0.25) is 0 Å². The van der Waals surface area contributed by atoms with Crippen molar-refractivity contribution in [1.82, 2.24) is 0 Å². The molecule has 1 heteroatoms. The van der Waals surface area contributed by atoms with Crippen LogP contribution in [-0.2, 0) is 0 Å². The third kappa shape index (κ3) is 9.91. The van der Waals surface area contributed by atoms with E-state index in [0.717, 1.165) is 12.8 Å². The molecule has 0 aromatic heterocycles. The molecule has 0 fully saturated rings. The summed E-state index contributed by atoms with van der Waals surface area (Å²) in [4.78, 5) is 0. The maximum absolute atomic E-state index is 12.4. The number of unbranched alkanes of at least 4 members (excludes halogenated alkanes) is 6. The summed E-state index contributed by atoms with van der Waals surface area (Å²) in [5, 5.41) is 0. The van der Waals surface area contributed by atoms with Crippen LogP contribution in [0.15, 0.2) is 0 Å². The lowest BCUT2D eigenvalue weighted by molar-refractivity contribution is 0.217. The minimum atomic E-state index is -0.139. The van der Waals surface area contributed by atoms with E-state index in [1.165, 1.54) is 64.2 Å². The Morgan fingerprint density at radius 2 is 1.11 bits per heavy atom. The van der Waals surface area contributed by atoms with Gasteiger partial charge in [0.25, 0.3) is 0 Å². The number of alkyl halides is 1. The zero-order valence-corrected chi connectivity index (χ0v) is 13.1. The highest BCUT2D eigenvalue weighted by Crippen LogP contribution is 2.36. The summed E-state index contributed by atoms with van der Waals surface area (Å²) in [7, 11) is 0. The fourth-order valence-corrected chi connectivity index (χ4v) is 2.83. The first-order valence-electron chi connectivity index (χ1n) is 8.24. The molecule has 0 unspecified atom stereocenters. The van der Waals surface area contributed by atoms with E-state index in [4.69, 9.17) is 0 Å². The summed E-state index contributed by atoms with van der Waals surface area (Å²) in [5.74, 6) is 0. The summed E-state index contributed by atoms with van der Waals surface area (Å²) < 4.78 is 12.4. The lowest BCUT2D eigenvalue weighted by atomic mass is 9.76. The Morgan fingerprint density at radius 1 is 0.667 bits per heavy atom. The lowest BCUT2D eigenvalue weighted by Crippen LogP contribution is -2.17.